The van der Waals surface area contributed by atoms with Crippen LogP contribution < -0.4 is 5.32 Å². The van der Waals surface area contributed by atoms with Gasteiger partial charge in [0.1, 0.15) is 6.04 Å². The molecule has 0 bridgehead atoms. The van der Waals surface area contributed by atoms with Crippen molar-refractivity contribution >= 4 is 23.5 Å². The van der Waals surface area contributed by atoms with Crippen LogP contribution in [-0.2, 0) is 4.79 Å². The van der Waals surface area contributed by atoms with Gasteiger partial charge in [-0.3, -0.25) is 14.5 Å². The second kappa shape index (κ2) is 7.32. The molecule has 0 unspecified atom stereocenters. The third-order valence-electron chi connectivity index (χ3n) is 5.09. The predicted octanol–water partition coefficient (Wildman–Crippen LogP) is 0.819. The van der Waals surface area contributed by atoms with E-state index in [0.29, 0.717) is 31.1 Å². The molecule has 2 amide bonds. The topological polar surface area (TPSA) is 81.7 Å². The molecule has 0 radical (unpaired) electrons. The van der Waals surface area contributed by atoms with Crippen molar-refractivity contribution in [3.05, 3.63) is 48.3 Å². The van der Waals surface area contributed by atoms with Gasteiger partial charge in [0.05, 0.1) is 5.56 Å². The number of nitrogens with one attached hydrogen (secondary N) is 1. The van der Waals surface area contributed by atoms with Gasteiger partial charge in [0.25, 0.3) is 5.91 Å². The zero-order valence-corrected chi connectivity index (χ0v) is 15.2. The van der Waals surface area contributed by atoms with Gasteiger partial charge >= 0.3 is 0 Å². The van der Waals surface area contributed by atoms with Crippen molar-refractivity contribution in [1.29, 1.82) is 0 Å². The van der Waals surface area contributed by atoms with E-state index < -0.39 is 0 Å². The van der Waals surface area contributed by atoms with Gasteiger partial charge < -0.3 is 15.1 Å². The van der Waals surface area contributed by atoms with Gasteiger partial charge in [-0.1, -0.05) is 18.2 Å². The Morgan fingerprint density at radius 1 is 1.07 bits per heavy atom. The fraction of sp³-hybridized carbons (Fsp3) is 0.368. The molecule has 27 heavy (non-hydrogen) atoms. The van der Waals surface area contributed by atoms with Crippen molar-refractivity contribution in [3.63, 3.8) is 0 Å². The van der Waals surface area contributed by atoms with Gasteiger partial charge in [-0.25, -0.2) is 9.97 Å². The van der Waals surface area contributed by atoms with Crippen LogP contribution >= 0.6 is 0 Å². The molecule has 0 aliphatic carbocycles. The van der Waals surface area contributed by atoms with Crippen molar-refractivity contribution in [2.24, 2.45) is 0 Å². The minimum absolute atomic E-state index is 0.0809. The van der Waals surface area contributed by atoms with Crippen molar-refractivity contribution in [2.45, 2.75) is 6.04 Å². The van der Waals surface area contributed by atoms with E-state index >= 15 is 0 Å². The number of fused-ring (bicyclic) bond motifs is 1. The lowest BCUT2D eigenvalue weighted by molar-refractivity contribution is -0.142. The Morgan fingerprint density at radius 3 is 2.52 bits per heavy atom. The summed E-state index contributed by atoms with van der Waals surface area (Å²) in [5.74, 6) is 0.381. The van der Waals surface area contributed by atoms with Crippen LogP contribution in [0.5, 0.6) is 0 Å². The number of rotatable bonds is 3. The van der Waals surface area contributed by atoms with E-state index in [9.17, 15) is 9.59 Å². The molecule has 1 aromatic carbocycles. The molecular weight excluding hydrogens is 344 g/mol. The van der Waals surface area contributed by atoms with E-state index in [1.54, 1.807) is 9.80 Å². The Bertz CT molecular complexity index is 826. The molecule has 2 aromatic rings. The summed E-state index contributed by atoms with van der Waals surface area (Å²) >= 11 is 0. The number of carbonyl (C=O) groups excluding carboxylic acids is 2. The van der Waals surface area contributed by atoms with Crippen LogP contribution in [0.2, 0.25) is 0 Å². The van der Waals surface area contributed by atoms with Crippen LogP contribution in [-0.4, -0.2) is 82.3 Å². The predicted molar refractivity (Wildman–Crippen MR) is 101 cm³/mol. The molecule has 2 aliphatic rings. The summed E-state index contributed by atoms with van der Waals surface area (Å²) in [4.78, 5) is 39.3. The van der Waals surface area contributed by atoms with Gasteiger partial charge in [-0.15, -0.1) is 0 Å². The fourth-order valence-electron chi connectivity index (χ4n) is 3.49. The van der Waals surface area contributed by atoms with E-state index in [4.69, 9.17) is 0 Å². The van der Waals surface area contributed by atoms with Crippen molar-refractivity contribution in [2.75, 3.05) is 45.1 Å². The molecule has 3 heterocycles. The number of benzene rings is 1. The van der Waals surface area contributed by atoms with Crippen LogP contribution in [0.25, 0.3) is 0 Å². The smallest absolute Gasteiger partial charge is 0.257 e. The lowest BCUT2D eigenvalue weighted by atomic mass is 10.1. The number of carbonyl (C=O) groups is 2. The number of likely N-dealkylation sites (N-methyl/N-ethyl adjacent to an activating group) is 1. The molecule has 0 saturated carbocycles. The van der Waals surface area contributed by atoms with Gasteiger partial charge in [-0.2, -0.15) is 0 Å². The Morgan fingerprint density at radius 2 is 1.78 bits per heavy atom. The zero-order valence-electron chi connectivity index (χ0n) is 15.2. The van der Waals surface area contributed by atoms with Gasteiger partial charge in [0, 0.05) is 57.9 Å². The van der Waals surface area contributed by atoms with Crippen molar-refractivity contribution in [3.8, 4) is 0 Å². The Kier molecular flexibility index (Phi) is 4.72. The summed E-state index contributed by atoms with van der Waals surface area (Å²) in [6.07, 6.45) is 3.06. The summed E-state index contributed by atoms with van der Waals surface area (Å²) in [6.45, 7) is 3.33. The highest BCUT2D eigenvalue weighted by molar-refractivity contribution is 5.94. The van der Waals surface area contributed by atoms with Gasteiger partial charge in [-0.05, 0) is 12.1 Å². The van der Waals surface area contributed by atoms with E-state index in [2.05, 4.69) is 20.2 Å². The van der Waals surface area contributed by atoms with Gasteiger partial charge in [0.2, 0.25) is 11.9 Å². The molecule has 2 saturated heterocycles. The van der Waals surface area contributed by atoms with Crippen LogP contribution in [0, 0.1) is 0 Å². The first kappa shape index (κ1) is 17.4. The first-order valence-corrected chi connectivity index (χ1v) is 9.04. The number of nitrogens with zero attached hydrogens (tertiary/aromatic N) is 5. The highest BCUT2D eigenvalue weighted by Gasteiger charge is 2.38. The summed E-state index contributed by atoms with van der Waals surface area (Å²) < 4.78 is 0. The minimum Gasteiger partial charge on any atom is -0.343 e. The van der Waals surface area contributed by atoms with E-state index in [0.717, 1.165) is 18.8 Å². The largest absolute Gasteiger partial charge is 0.343 e. The summed E-state index contributed by atoms with van der Waals surface area (Å²) in [7, 11) is 1.81. The maximum absolute atomic E-state index is 12.8. The maximum atomic E-state index is 12.8. The van der Waals surface area contributed by atoms with Crippen LogP contribution in [0.1, 0.15) is 10.4 Å². The zero-order chi connectivity index (χ0) is 18.8. The second-order valence-corrected chi connectivity index (χ2v) is 6.85. The number of anilines is 2. The second-order valence-electron chi connectivity index (χ2n) is 6.85. The average molecular weight is 366 g/mol. The van der Waals surface area contributed by atoms with E-state index in [-0.39, 0.29) is 17.9 Å². The summed E-state index contributed by atoms with van der Waals surface area (Å²) in [5, 5.41) is 3.09. The number of hydrogen-bond donors (Lipinski definition) is 1. The molecule has 2 aliphatic heterocycles. The maximum Gasteiger partial charge on any atom is 0.257 e. The Labute approximate surface area is 157 Å². The lowest BCUT2D eigenvalue weighted by Gasteiger charge is -2.45. The number of piperazine rings is 2. The van der Waals surface area contributed by atoms with Crippen molar-refractivity contribution < 1.29 is 9.59 Å². The average Bonchev–Trinajstić information content (AvgIpc) is 2.71. The molecule has 8 nitrogen and oxygen atoms in total. The SMILES string of the molecule is CN1CCN2CCN(C(=O)c3cnc(Nc4ccccc4)nc3)C[C@@H]2C1=O. The molecule has 1 aromatic heterocycles. The molecule has 8 heteroatoms. The van der Waals surface area contributed by atoms with Crippen LogP contribution in [0.3, 0.4) is 0 Å². The molecular formula is C19H22N6O2. The third kappa shape index (κ3) is 3.61. The third-order valence-corrected chi connectivity index (χ3v) is 5.09. The normalized spacial score (nSPS) is 20.3. The van der Waals surface area contributed by atoms with Gasteiger partial charge in [0.15, 0.2) is 0 Å². The Balaban J connectivity index is 1.43. The molecule has 1 atom stereocenters. The Hall–Kier alpha value is -3.00. The quantitative estimate of drug-likeness (QED) is 0.866. The van der Waals surface area contributed by atoms with Crippen LogP contribution in [0.15, 0.2) is 42.7 Å². The highest BCUT2D eigenvalue weighted by atomic mass is 16.2. The number of para-hydroxylation sites is 1. The first-order chi connectivity index (χ1) is 13.1. The molecule has 140 valence electrons. The monoisotopic (exact) mass is 366 g/mol. The highest BCUT2D eigenvalue weighted by Crippen LogP contribution is 2.18. The number of hydrogen-bond acceptors (Lipinski definition) is 6. The number of amides is 2. The van der Waals surface area contributed by atoms with Crippen LogP contribution in [0.4, 0.5) is 11.6 Å². The summed E-state index contributed by atoms with van der Waals surface area (Å²) in [6, 6.07) is 9.36. The lowest BCUT2D eigenvalue weighted by Crippen LogP contribution is -2.64. The first-order valence-electron chi connectivity index (χ1n) is 9.04. The molecule has 1 N–H and O–H groups in total. The molecule has 4 rings (SSSR count). The number of aromatic nitrogens is 2. The van der Waals surface area contributed by atoms with Crippen molar-refractivity contribution in [1.82, 2.24) is 24.7 Å². The molecule has 0 spiro atoms. The summed E-state index contributed by atoms with van der Waals surface area (Å²) in [5.41, 5.74) is 1.31. The molecule has 2 fully saturated rings. The van der Waals surface area contributed by atoms with E-state index in [1.807, 2.05) is 37.4 Å². The standard InChI is InChI=1S/C19H22N6O2/c1-23-7-8-24-9-10-25(13-16(24)18(23)27)17(26)14-11-20-19(21-12-14)22-15-5-3-2-4-6-15/h2-6,11-12,16H,7-10,13H2,1H3,(H,20,21,22)/t16-/m1/s1. The minimum atomic E-state index is -0.249. The fourth-order valence-corrected chi connectivity index (χ4v) is 3.49. The van der Waals surface area contributed by atoms with E-state index in [1.165, 1.54) is 12.4 Å².